The number of benzene rings is 2. The smallest absolute Gasteiger partial charge is 0.307 e. The monoisotopic (exact) mass is 486 g/mol. The van der Waals surface area contributed by atoms with E-state index in [0.717, 1.165) is 12.8 Å². The van der Waals surface area contributed by atoms with Gasteiger partial charge in [-0.25, -0.2) is 0 Å². The molecule has 179 valence electrons. The Labute approximate surface area is 206 Å². The second-order valence-electron chi connectivity index (χ2n) is 10.3. The fraction of sp³-hybridized carbons (Fsp3) is 0.519. The van der Waals surface area contributed by atoms with E-state index in [1.165, 1.54) is 15.9 Å². The van der Waals surface area contributed by atoms with Crippen LogP contribution in [0.2, 0.25) is 0 Å². The Morgan fingerprint density at radius 1 is 1.03 bits per heavy atom. The molecule has 0 saturated heterocycles. The van der Waals surface area contributed by atoms with E-state index in [-0.39, 0.29) is 35.9 Å². The summed E-state index contributed by atoms with van der Waals surface area (Å²) in [5.74, 6) is 1.45. The van der Waals surface area contributed by atoms with Crippen LogP contribution in [0, 0.1) is 17.8 Å². The van der Waals surface area contributed by atoms with Crippen LogP contribution >= 0.6 is 12.4 Å². The predicted molar refractivity (Wildman–Crippen MR) is 138 cm³/mol. The zero-order valence-electron chi connectivity index (χ0n) is 20.1. The highest BCUT2D eigenvalue weighted by atomic mass is 35.5. The number of hydrogen-bond donors (Lipinski definition) is 1. The van der Waals surface area contributed by atoms with Gasteiger partial charge < -0.3 is 14.9 Å². The Kier molecular flexibility index (Phi) is 8.44. The summed E-state index contributed by atoms with van der Waals surface area (Å²) in [6, 6.07) is 19.6. The number of hydrogen-bond acceptors (Lipinski definition) is 4. The van der Waals surface area contributed by atoms with Gasteiger partial charge in [0.15, 0.2) is 0 Å². The van der Waals surface area contributed by atoms with E-state index in [1.54, 1.807) is 0 Å². The van der Waals surface area contributed by atoms with Crippen LogP contribution < -0.4 is 16.1 Å². The number of esters is 1. The molecule has 2 N–H and O–H groups in total. The van der Waals surface area contributed by atoms with Crippen LogP contribution in [0.15, 0.2) is 54.6 Å². The van der Waals surface area contributed by atoms with Crippen molar-refractivity contribution in [3.63, 3.8) is 0 Å². The Balaban J connectivity index is 0.00000306. The van der Waals surface area contributed by atoms with Crippen molar-refractivity contribution in [1.29, 1.82) is 0 Å². The van der Waals surface area contributed by atoms with E-state index < -0.39 is 9.04 Å². The van der Waals surface area contributed by atoms with Gasteiger partial charge in [-0.2, -0.15) is 0 Å². The minimum absolute atomic E-state index is 0. The number of halogens is 1. The van der Waals surface area contributed by atoms with Crippen molar-refractivity contribution in [3.8, 4) is 0 Å². The molecule has 0 spiro atoms. The Hall–Kier alpha value is -1.66. The van der Waals surface area contributed by atoms with Gasteiger partial charge in [0.1, 0.15) is 0 Å². The lowest BCUT2D eigenvalue weighted by Crippen LogP contribution is -2.47. The van der Waals surface area contributed by atoms with Crippen molar-refractivity contribution < 1.29 is 14.0 Å². The van der Waals surface area contributed by atoms with Crippen LogP contribution in [0.3, 0.4) is 0 Å². The van der Waals surface area contributed by atoms with E-state index in [1.807, 2.05) is 6.92 Å². The van der Waals surface area contributed by atoms with Crippen LogP contribution in [0.25, 0.3) is 0 Å². The zero-order chi connectivity index (χ0) is 22.9. The summed E-state index contributed by atoms with van der Waals surface area (Å²) in [7, 11) is -1.32. The topological polar surface area (TPSA) is 61.5 Å². The standard InChI is InChI=1S/C27H36NO3Si.ClH/c1-5-30-25(29)17-24(28)26-22-15-19(16-23(22)26)31-32(20-9-7-6-8-10-20)21-13-11-18(12-14-21)27(2,3)4;/h6-14,19,22-24,26H,5,15-17,28H2,1-4H3;1H. The number of carbonyl (C=O) groups excluding carboxylic acids is 1. The fourth-order valence-electron chi connectivity index (χ4n) is 5.30. The van der Waals surface area contributed by atoms with E-state index >= 15 is 0 Å². The predicted octanol–water partition coefficient (Wildman–Crippen LogP) is 3.83. The molecular weight excluding hydrogens is 450 g/mol. The minimum atomic E-state index is -1.32. The SMILES string of the molecule is CCOC(=O)CC(N)C1C2CC(O[Si](c3ccccc3)c3ccc(C(C)(C)C)cc3)CC21.Cl. The van der Waals surface area contributed by atoms with Crippen LogP contribution in [0.5, 0.6) is 0 Å². The third kappa shape index (κ3) is 6.07. The summed E-state index contributed by atoms with van der Waals surface area (Å²) in [5.41, 5.74) is 7.83. The van der Waals surface area contributed by atoms with Crippen molar-refractivity contribution in [1.82, 2.24) is 0 Å². The van der Waals surface area contributed by atoms with Gasteiger partial charge in [0.2, 0.25) is 0 Å². The molecule has 2 saturated carbocycles. The fourth-order valence-corrected chi connectivity index (χ4v) is 7.40. The Morgan fingerprint density at radius 3 is 2.15 bits per heavy atom. The average Bonchev–Trinajstić information content (AvgIpc) is 3.27. The van der Waals surface area contributed by atoms with Crippen molar-refractivity contribution in [2.45, 2.75) is 64.5 Å². The molecule has 1 radical (unpaired) electrons. The second-order valence-corrected chi connectivity index (χ2v) is 12.4. The molecule has 3 unspecified atom stereocenters. The average molecular weight is 487 g/mol. The summed E-state index contributed by atoms with van der Waals surface area (Å²) >= 11 is 0. The molecule has 0 heterocycles. The molecule has 4 rings (SSSR count). The maximum Gasteiger partial charge on any atom is 0.307 e. The van der Waals surface area contributed by atoms with Gasteiger partial charge in [0.25, 0.3) is 9.04 Å². The van der Waals surface area contributed by atoms with E-state index in [2.05, 4.69) is 75.4 Å². The summed E-state index contributed by atoms with van der Waals surface area (Å²) in [6.45, 7) is 8.99. The molecular formula is C27H37ClNO3Si. The molecule has 2 aromatic carbocycles. The molecule has 3 atom stereocenters. The number of carbonyl (C=O) groups is 1. The highest BCUT2D eigenvalue weighted by Crippen LogP contribution is 2.59. The molecule has 33 heavy (non-hydrogen) atoms. The van der Waals surface area contributed by atoms with Crippen LogP contribution in [-0.4, -0.2) is 33.8 Å². The number of nitrogens with two attached hydrogens (primary N) is 1. The van der Waals surface area contributed by atoms with E-state index in [9.17, 15) is 4.79 Å². The quantitative estimate of drug-likeness (QED) is 0.455. The minimum Gasteiger partial charge on any atom is -0.466 e. The molecule has 0 bridgehead atoms. The van der Waals surface area contributed by atoms with Gasteiger partial charge in [-0.15, -0.1) is 12.4 Å². The lowest BCUT2D eigenvalue weighted by Gasteiger charge is -2.25. The molecule has 2 aliphatic rings. The third-order valence-electron chi connectivity index (χ3n) is 7.00. The molecule has 4 nitrogen and oxygen atoms in total. The van der Waals surface area contributed by atoms with Gasteiger partial charge in [0.05, 0.1) is 13.0 Å². The normalized spacial score (nSPS) is 24.7. The first kappa shape index (κ1) is 26.0. The van der Waals surface area contributed by atoms with Gasteiger partial charge in [-0.1, -0.05) is 75.4 Å². The van der Waals surface area contributed by atoms with Crippen molar-refractivity contribution in [3.05, 3.63) is 60.2 Å². The van der Waals surface area contributed by atoms with Crippen molar-refractivity contribution in [2.75, 3.05) is 6.61 Å². The Morgan fingerprint density at radius 2 is 1.61 bits per heavy atom. The van der Waals surface area contributed by atoms with Crippen LogP contribution in [0.4, 0.5) is 0 Å². The molecule has 0 amide bonds. The maximum absolute atomic E-state index is 11.8. The van der Waals surface area contributed by atoms with E-state index in [0.29, 0.717) is 30.8 Å². The van der Waals surface area contributed by atoms with E-state index in [4.69, 9.17) is 14.9 Å². The first-order valence-corrected chi connectivity index (χ1v) is 13.3. The van der Waals surface area contributed by atoms with Gasteiger partial charge >= 0.3 is 5.97 Å². The molecule has 2 fully saturated rings. The maximum atomic E-state index is 11.8. The highest BCUT2D eigenvalue weighted by Gasteiger charge is 2.58. The molecule has 2 aliphatic carbocycles. The lowest BCUT2D eigenvalue weighted by atomic mass is 9.87. The van der Waals surface area contributed by atoms with Crippen LogP contribution in [0.1, 0.15) is 52.5 Å². The highest BCUT2D eigenvalue weighted by molar-refractivity contribution is 6.80. The van der Waals surface area contributed by atoms with Crippen LogP contribution in [-0.2, 0) is 19.4 Å². The summed E-state index contributed by atoms with van der Waals surface area (Å²) in [6.07, 6.45) is 2.70. The summed E-state index contributed by atoms with van der Waals surface area (Å²) in [4.78, 5) is 11.8. The summed E-state index contributed by atoms with van der Waals surface area (Å²) in [5, 5.41) is 2.59. The van der Waals surface area contributed by atoms with Crippen molar-refractivity contribution >= 4 is 37.8 Å². The molecule has 0 aliphatic heterocycles. The first-order chi connectivity index (χ1) is 15.3. The number of rotatable bonds is 8. The lowest BCUT2D eigenvalue weighted by molar-refractivity contribution is -0.143. The second kappa shape index (κ2) is 10.7. The zero-order valence-corrected chi connectivity index (χ0v) is 21.9. The van der Waals surface area contributed by atoms with Gasteiger partial charge in [0, 0.05) is 12.1 Å². The van der Waals surface area contributed by atoms with Gasteiger partial charge in [-0.3, -0.25) is 4.79 Å². The summed E-state index contributed by atoms with van der Waals surface area (Å²) < 4.78 is 11.9. The number of fused-ring (bicyclic) bond motifs is 1. The third-order valence-corrected chi connectivity index (χ3v) is 9.29. The molecule has 0 aromatic heterocycles. The van der Waals surface area contributed by atoms with Gasteiger partial charge in [-0.05, 0) is 58.9 Å². The van der Waals surface area contributed by atoms with Crippen molar-refractivity contribution in [2.24, 2.45) is 23.5 Å². The largest absolute Gasteiger partial charge is 0.466 e. The molecule has 6 heteroatoms. The molecule has 2 aromatic rings. The Bertz CT molecular complexity index is 903. The number of ether oxygens (including phenoxy) is 1. The first-order valence-electron chi connectivity index (χ1n) is 11.9.